The van der Waals surface area contributed by atoms with Gasteiger partial charge in [-0.25, -0.2) is 0 Å². The van der Waals surface area contributed by atoms with E-state index in [1.807, 2.05) is 6.07 Å². The highest BCUT2D eigenvalue weighted by atomic mass is 16.3. The first kappa shape index (κ1) is 12.1. The zero-order valence-corrected chi connectivity index (χ0v) is 10.9. The average Bonchev–Trinajstić information content (AvgIpc) is 2.41. The van der Waals surface area contributed by atoms with Crippen molar-refractivity contribution in [2.24, 2.45) is 0 Å². The second-order valence-electron chi connectivity index (χ2n) is 5.13. The van der Waals surface area contributed by atoms with Crippen molar-refractivity contribution in [3.63, 3.8) is 0 Å². The predicted molar refractivity (Wildman–Crippen MR) is 74.5 cm³/mol. The minimum absolute atomic E-state index is 0.0581. The lowest BCUT2D eigenvalue weighted by molar-refractivity contribution is 0.402. The Bertz CT molecular complexity index is 622. The fourth-order valence-corrected chi connectivity index (χ4v) is 2.72. The Morgan fingerprint density at radius 3 is 2.68 bits per heavy atom. The van der Waals surface area contributed by atoms with Gasteiger partial charge in [-0.15, -0.1) is 0 Å². The molecule has 3 rings (SSSR count). The van der Waals surface area contributed by atoms with Gasteiger partial charge >= 0.3 is 0 Å². The number of hydrogen-bond donors (Lipinski definition) is 3. The van der Waals surface area contributed by atoms with Crippen molar-refractivity contribution in [2.75, 3.05) is 6.54 Å². The van der Waals surface area contributed by atoms with E-state index in [-0.39, 0.29) is 17.4 Å². The number of nitrogens with one attached hydrogen (secondary N) is 1. The van der Waals surface area contributed by atoms with Crippen LogP contribution in [-0.4, -0.2) is 16.8 Å². The molecule has 2 aromatic rings. The monoisotopic (exact) mass is 255 g/mol. The van der Waals surface area contributed by atoms with E-state index in [0.29, 0.717) is 0 Å². The predicted octanol–water partition coefficient (Wildman–Crippen LogP) is 2.64. The zero-order chi connectivity index (χ0) is 13.4. The smallest absolute Gasteiger partial charge is 0.157 e. The third kappa shape index (κ3) is 2.17. The number of rotatable bonds is 1. The average molecular weight is 255 g/mol. The van der Waals surface area contributed by atoms with Crippen molar-refractivity contribution in [3.8, 4) is 11.5 Å². The maximum Gasteiger partial charge on any atom is 0.157 e. The lowest BCUT2D eigenvalue weighted by atomic mass is 9.84. The van der Waals surface area contributed by atoms with Crippen LogP contribution in [0.4, 0.5) is 0 Å². The minimum atomic E-state index is -0.0722. The van der Waals surface area contributed by atoms with Crippen molar-refractivity contribution >= 4 is 0 Å². The molecule has 0 fully saturated rings. The van der Waals surface area contributed by atoms with Gasteiger partial charge < -0.3 is 15.5 Å². The first-order valence-corrected chi connectivity index (χ1v) is 6.47. The molecule has 0 saturated heterocycles. The maximum absolute atomic E-state index is 9.66. The van der Waals surface area contributed by atoms with Gasteiger partial charge in [-0.1, -0.05) is 29.8 Å². The fraction of sp³-hybridized carbons (Fsp3) is 0.250. The number of benzene rings is 2. The normalized spacial score (nSPS) is 18.1. The van der Waals surface area contributed by atoms with Crippen LogP contribution in [0, 0.1) is 6.92 Å². The van der Waals surface area contributed by atoms with Crippen molar-refractivity contribution in [1.82, 2.24) is 5.32 Å². The third-order valence-electron chi connectivity index (χ3n) is 3.74. The van der Waals surface area contributed by atoms with Gasteiger partial charge in [0, 0.05) is 19.0 Å². The Kier molecular flexibility index (Phi) is 2.91. The van der Waals surface area contributed by atoms with E-state index in [0.717, 1.165) is 18.7 Å². The maximum atomic E-state index is 9.66. The Balaban J connectivity index is 2.07. The van der Waals surface area contributed by atoms with E-state index in [1.54, 1.807) is 12.1 Å². The molecule has 1 heterocycles. The molecular weight excluding hydrogens is 238 g/mol. The summed E-state index contributed by atoms with van der Waals surface area (Å²) in [7, 11) is 0. The summed E-state index contributed by atoms with van der Waals surface area (Å²) in [5.74, 6) is 0.0874. The molecule has 0 amide bonds. The highest BCUT2D eigenvalue weighted by molar-refractivity contribution is 5.47. The summed E-state index contributed by atoms with van der Waals surface area (Å²) in [5.41, 5.74) is 4.88. The van der Waals surface area contributed by atoms with Crippen molar-refractivity contribution in [3.05, 3.63) is 58.7 Å². The molecule has 0 spiro atoms. The summed E-state index contributed by atoms with van der Waals surface area (Å²) in [6.07, 6.45) is 0. The van der Waals surface area contributed by atoms with E-state index in [2.05, 4.69) is 30.4 Å². The van der Waals surface area contributed by atoms with Crippen LogP contribution in [0.15, 0.2) is 36.4 Å². The first-order chi connectivity index (χ1) is 9.15. The van der Waals surface area contributed by atoms with Gasteiger partial charge in [-0.05, 0) is 35.7 Å². The van der Waals surface area contributed by atoms with Gasteiger partial charge in [-0.3, -0.25) is 0 Å². The molecule has 3 N–H and O–H groups in total. The Morgan fingerprint density at radius 1 is 1.05 bits per heavy atom. The Hall–Kier alpha value is -2.00. The molecule has 0 radical (unpaired) electrons. The van der Waals surface area contributed by atoms with E-state index >= 15 is 0 Å². The van der Waals surface area contributed by atoms with E-state index in [1.165, 1.54) is 16.7 Å². The van der Waals surface area contributed by atoms with Crippen LogP contribution < -0.4 is 5.32 Å². The number of fused-ring (bicyclic) bond motifs is 1. The highest BCUT2D eigenvalue weighted by Gasteiger charge is 2.22. The quantitative estimate of drug-likeness (QED) is 0.687. The fourth-order valence-electron chi connectivity index (χ4n) is 2.72. The van der Waals surface area contributed by atoms with Gasteiger partial charge in [0.15, 0.2) is 11.5 Å². The lowest BCUT2D eigenvalue weighted by Crippen LogP contribution is -2.28. The van der Waals surface area contributed by atoms with Crippen molar-refractivity contribution in [2.45, 2.75) is 19.4 Å². The van der Waals surface area contributed by atoms with Crippen LogP contribution in [0.3, 0.4) is 0 Å². The molecule has 0 aromatic heterocycles. The number of aromatic hydroxyl groups is 2. The van der Waals surface area contributed by atoms with Crippen LogP contribution in [0.2, 0.25) is 0 Å². The molecule has 3 nitrogen and oxygen atoms in total. The van der Waals surface area contributed by atoms with Crippen LogP contribution >= 0.6 is 0 Å². The van der Waals surface area contributed by atoms with Crippen LogP contribution in [-0.2, 0) is 6.54 Å². The molecule has 3 heteroatoms. The second kappa shape index (κ2) is 4.59. The number of phenolic OH excluding ortho intramolecular Hbond substituents is 2. The number of phenols is 2. The molecule has 19 heavy (non-hydrogen) atoms. The number of hydrogen-bond acceptors (Lipinski definition) is 3. The van der Waals surface area contributed by atoms with E-state index < -0.39 is 0 Å². The minimum Gasteiger partial charge on any atom is -0.504 e. The van der Waals surface area contributed by atoms with Gasteiger partial charge in [0.1, 0.15) is 0 Å². The summed E-state index contributed by atoms with van der Waals surface area (Å²) >= 11 is 0. The molecule has 1 aliphatic rings. The van der Waals surface area contributed by atoms with Crippen molar-refractivity contribution in [1.29, 1.82) is 0 Å². The highest BCUT2D eigenvalue weighted by Crippen LogP contribution is 2.34. The van der Waals surface area contributed by atoms with E-state index in [9.17, 15) is 10.2 Å². The molecule has 1 unspecified atom stereocenters. The molecule has 2 aromatic carbocycles. The van der Waals surface area contributed by atoms with Gasteiger partial charge in [-0.2, -0.15) is 0 Å². The Labute approximate surface area is 112 Å². The molecule has 1 aliphatic heterocycles. The van der Waals surface area contributed by atoms with E-state index in [4.69, 9.17) is 0 Å². The van der Waals surface area contributed by atoms with Gasteiger partial charge in [0.2, 0.25) is 0 Å². The SMILES string of the molecule is Cc1ccc2c(c1)C(c1ccc(O)c(O)c1)CNC2. The topological polar surface area (TPSA) is 52.5 Å². The molecule has 0 bridgehead atoms. The van der Waals surface area contributed by atoms with Gasteiger partial charge in [0.25, 0.3) is 0 Å². The first-order valence-electron chi connectivity index (χ1n) is 6.47. The molecule has 0 aliphatic carbocycles. The van der Waals surface area contributed by atoms with Crippen LogP contribution in [0.1, 0.15) is 28.2 Å². The van der Waals surface area contributed by atoms with Crippen LogP contribution in [0.25, 0.3) is 0 Å². The largest absolute Gasteiger partial charge is 0.504 e. The summed E-state index contributed by atoms with van der Waals surface area (Å²) in [6, 6.07) is 11.6. The summed E-state index contributed by atoms with van der Waals surface area (Å²) in [4.78, 5) is 0. The molecule has 0 saturated carbocycles. The standard InChI is InChI=1S/C16H17NO2/c1-10-2-3-12-8-17-9-14(13(12)6-10)11-4-5-15(18)16(19)7-11/h2-7,14,17-19H,8-9H2,1H3. The Morgan fingerprint density at radius 2 is 1.89 bits per heavy atom. The summed E-state index contributed by atoms with van der Waals surface area (Å²) in [5, 5.41) is 22.5. The molecular formula is C16H17NO2. The molecule has 1 atom stereocenters. The number of aryl methyl sites for hydroxylation is 1. The second-order valence-corrected chi connectivity index (χ2v) is 5.13. The lowest BCUT2D eigenvalue weighted by Gasteiger charge is -2.27. The third-order valence-corrected chi connectivity index (χ3v) is 3.74. The zero-order valence-electron chi connectivity index (χ0n) is 10.9. The summed E-state index contributed by atoms with van der Waals surface area (Å²) in [6.45, 7) is 3.82. The van der Waals surface area contributed by atoms with Crippen LogP contribution in [0.5, 0.6) is 11.5 Å². The van der Waals surface area contributed by atoms with Crippen molar-refractivity contribution < 1.29 is 10.2 Å². The summed E-state index contributed by atoms with van der Waals surface area (Å²) < 4.78 is 0. The molecule has 98 valence electrons. The van der Waals surface area contributed by atoms with Gasteiger partial charge in [0.05, 0.1) is 0 Å².